The molecule has 2 N–H and O–H groups in total. The number of rotatable bonds is 6. The van der Waals surface area contributed by atoms with Gasteiger partial charge in [0.15, 0.2) is 0 Å². The lowest BCUT2D eigenvalue weighted by atomic mass is 10.0. The number of piperidine rings is 1. The van der Waals surface area contributed by atoms with Gasteiger partial charge in [-0.3, -0.25) is 9.69 Å². The summed E-state index contributed by atoms with van der Waals surface area (Å²) in [6, 6.07) is 19.0. The summed E-state index contributed by atoms with van der Waals surface area (Å²) in [6.07, 6.45) is 2.46. The molecule has 1 fully saturated rings. The Morgan fingerprint density at radius 1 is 1.08 bits per heavy atom. The molecule has 4 heteroatoms. The normalized spacial score (nSPS) is 18.0. The van der Waals surface area contributed by atoms with E-state index in [4.69, 9.17) is 0 Å². The van der Waals surface area contributed by atoms with Gasteiger partial charge in [-0.25, -0.2) is 0 Å². The Kier molecular flexibility index (Phi) is 6.20. The summed E-state index contributed by atoms with van der Waals surface area (Å²) in [5.41, 5.74) is 3.30. The SMILES string of the molecule is CNC(=O)c1ccc(CNC2CCCN(Cc3ccccc3)C2)cc1. The van der Waals surface area contributed by atoms with Gasteiger partial charge in [0.05, 0.1) is 0 Å². The van der Waals surface area contributed by atoms with Crippen molar-refractivity contribution in [3.05, 3.63) is 71.3 Å². The Morgan fingerprint density at radius 2 is 1.84 bits per heavy atom. The third kappa shape index (κ3) is 5.15. The van der Waals surface area contributed by atoms with E-state index in [0.29, 0.717) is 11.6 Å². The molecule has 0 spiro atoms. The monoisotopic (exact) mass is 337 g/mol. The third-order valence-corrected chi connectivity index (χ3v) is 4.79. The summed E-state index contributed by atoms with van der Waals surface area (Å²) in [6.45, 7) is 4.14. The van der Waals surface area contributed by atoms with Crippen LogP contribution in [0.25, 0.3) is 0 Å². The van der Waals surface area contributed by atoms with Crippen LogP contribution in [0.15, 0.2) is 54.6 Å². The Bertz CT molecular complexity index is 669. The van der Waals surface area contributed by atoms with Gasteiger partial charge in [0.25, 0.3) is 5.91 Å². The number of likely N-dealkylation sites (tertiary alicyclic amines) is 1. The fraction of sp³-hybridized carbons (Fsp3) is 0.381. The Morgan fingerprint density at radius 3 is 2.56 bits per heavy atom. The first-order valence-electron chi connectivity index (χ1n) is 9.05. The van der Waals surface area contributed by atoms with Crippen molar-refractivity contribution in [2.24, 2.45) is 0 Å². The minimum Gasteiger partial charge on any atom is -0.355 e. The molecule has 0 aromatic heterocycles. The van der Waals surface area contributed by atoms with E-state index in [2.05, 4.69) is 45.9 Å². The predicted molar refractivity (Wildman–Crippen MR) is 101 cm³/mol. The lowest BCUT2D eigenvalue weighted by Crippen LogP contribution is -2.45. The van der Waals surface area contributed by atoms with Crippen LogP contribution in [-0.4, -0.2) is 37.0 Å². The van der Waals surface area contributed by atoms with Crippen LogP contribution in [0.4, 0.5) is 0 Å². The molecule has 1 aliphatic heterocycles. The molecule has 1 saturated heterocycles. The van der Waals surface area contributed by atoms with Gasteiger partial charge in [-0.15, -0.1) is 0 Å². The van der Waals surface area contributed by atoms with Gasteiger partial charge in [-0.1, -0.05) is 42.5 Å². The quantitative estimate of drug-likeness (QED) is 0.852. The molecule has 1 atom stereocenters. The third-order valence-electron chi connectivity index (χ3n) is 4.79. The number of nitrogens with one attached hydrogen (secondary N) is 2. The topological polar surface area (TPSA) is 44.4 Å². The van der Waals surface area contributed by atoms with Crippen LogP contribution in [0.3, 0.4) is 0 Å². The highest BCUT2D eigenvalue weighted by atomic mass is 16.1. The molecule has 0 saturated carbocycles. The molecule has 1 amide bonds. The van der Waals surface area contributed by atoms with Crippen LogP contribution >= 0.6 is 0 Å². The molecule has 1 unspecified atom stereocenters. The molecular formula is C21H27N3O. The zero-order valence-electron chi connectivity index (χ0n) is 14.9. The van der Waals surface area contributed by atoms with Crippen LogP contribution in [-0.2, 0) is 13.1 Å². The molecule has 4 nitrogen and oxygen atoms in total. The molecule has 25 heavy (non-hydrogen) atoms. The van der Waals surface area contributed by atoms with Crippen LogP contribution in [0, 0.1) is 0 Å². The molecular weight excluding hydrogens is 310 g/mol. The number of carbonyl (C=O) groups is 1. The first kappa shape index (κ1) is 17.6. The first-order chi connectivity index (χ1) is 12.2. The maximum absolute atomic E-state index is 11.6. The van der Waals surface area contributed by atoms with Crippen molar-refractivity contribution >= 4 is 5.91 Å². The molecule has 132 valence electrons. The molecule has 2 aromatic carbocycles. The molecule has 1 heterocycles. The van der Waals surface area contributed by atoms with Crippen molar-refractivity contribution in [2.75, 3.05) is 20.1 Å². The smallest absolute Gasteiger partial charge is 0.251 e. The second-order valence-corrected chi connectivity index (χ2v) is 6.72. The zero-order chi connectivity index (χ0) is 17.5. The van der Waals surface area contributed by atoms with Crippen LogP contribution in [0.2, 0.25) is 0 Å². The fourth-order valence-corrected chi connectivity index (χ4v) is 3.39. The van der Waals surface area contributed by atoms with Crippen molar-refractivity contribution < 1.29 is 4.79 Å². The second-order valence-electron chi connectivity index (χ2n) is 6.72. The molecule has 0 radical (unpaired) electrons. The average Bonchev–Trinajstić information content (AvgIpc) is 2.67. The molecule has 3 rings (SSSR count). The summed E-state index contributed by atoms with van der Waals surface area (Å²) in [5.74, 6) is -0.0386. The first-order valence-corrected chi connectivity index (χ1v) is 9.05. The Balaban J connectivity index is 1.48. The fourth-order valence-electron chi connectivity index (χ4n) is 3.39. The molecule has 1 aliphatic rings. The Hall–Kier alpha value is -2.17. The molecule has 0 aliphatic carbocycles. The lowest BCUT2D eigenvalue weighted by Gasteiger charge is -2.33. The maximum atomic E-state index is 11.6. The van der Waals surface area contributed by atoms with Gasteiger partial charge in [0.1, 0.15) is 0 Å². The van der Waals surface area contributed by atoms with Crippen molar-refractivity contribution in [3.8, 4) is 0 Å². The van der Waals surface area contributed by atoms with Gasteiger partial charge in [0.2, 0.25) is 0 Å². The van der Waals surface area contributed by atoms with Crippen LogP contribution < -0.4 is 10.6 Å². The van der Waals surface area contributed by atoms with E-state index in [1.54, 1.807) is 7.05 Å². The summed E-state index contributed by atoms with van der Waals surface area (Å²) in [5, 5.41) is 6.32. The van der Waals surface area contributed by atoms with Crippen molar-refractivity contribution in [3.63, 3.8) is 0 Å². The van der Waals surface area contributed by atoms with Gasteiger partial charge in [-0.2, -0.15) is 0 Å². The number of hydrogen-bond acceptors (Lipinski definition) is 3. The van der Waals surface area contributed by atoms with Gasteiger partial charge in [-0.05, 0) is 42.6 Å². The second kappa shape index (κ2) is 8.79. The van der Waals surface area contributed by atoms with Gasteiger partial charge >= 0.3 is 0 Å². The number of amides is 1. The Labute approximate surface area is 150 Å². The molecule has 2 aromatic rings. The van der Waals surface area contributed by atoms with Crippen molar-refractivity contribution in [1.29, 1.82) is 0 Å². The summed E-state index contributed by atoms with van der Waals surface area (Å²) >= 11 is 0. The maximum Gasteiger partial charge on any atom is 0.251 e. The van der Waals surface area contributed by atoms with Crippen LogP contribution in [0.5, 0.6) is 0 Å². The van der Waals surface area contributed by atoms with Gasteiger partial charge < -0.3 is 10.6 Å². The summed E-state index contributed by atoms with van der Waals surface area (Å²) < 4.78 is 0. The number of nitrogens with zero attached hydrogens (tertiary/aromatic N) is 1. The molecule has 0 bridgehead atoms. The lowest BCUT2D eigenvalue weighted by molar-refractivity contribution is 0.0963. The van der Waals surface area contributed by atoms with E-state index in [0.717, 1.165) is 19.6 Å². The summed E-state index contributed by atoms with van der Waals surface area (Å²) in [7, 11) is 1.65. The predicted octanol–water partition coefficient (Wildman–Crippen LogP) is 2.80. The van der Waals surface area contributed by atoms with Crippen molar-refractivity contribution in [1.82, 2.24) is 15.5 Å². The highest BCUT2D eigenvalue weighted by Gasteiger charge is 2.19. The largest absolute Gasteiger partial charge is 0.355 e. The van der Waals surface area contributed by atoms with Crippen LogP contribution in [0.1, 0.15) is 34.3 Å². The standard InChI is InChI=1S/C21H27N3O/c1-22-21(25)19-11-9-17(10-12-19)14-23-20-8-5-13-24(16-20)15-18-6-3-2-4-7-18/h2-4,6-7,9-12,20,23H,5,8,13-16H2,1H3,(H,22,25). The van der Waals surface area contributed by atoms with Crippen molar-refractivity contribution in [2.45, 2.75) is 32.0 Å². The number of carbonyl (C=O) groups excluding carboxylic acids is 1. The van der Waals surface area contributed by atoms with E-state index >= 15 is 0 Å². The minimum absolute atomic E-state index is 0.0386. The zero-order valence-corrected chi connectivity index (χ0v) is 14.9. The van der Waals surface area contributed by atoms with E-state index < -0.39 is 0 Å². The van der Waals surface area contributed by atoms with E-state index in [1.165, 1.54) is 30.5 Å². The van der Waals surface area contributed by atoms with E-state index in [-0.39, 0.29) is 5.91 Å². The van der Waals surface area contributed by atoms with E-state index in [1.807, 2.05) is 24.3 Å². The average molecular weight is 337 g/mol. The van der Waals surface area contributed by atoms with Gasteiger partial charge in [0, 0.05) is 38.3 Å². The number of benzene rings is 2. The summed E-state index contributed by atoms with van der Waals surface area (Å²) in [4.78, 5) is 14.1. The highest BCUT2D eigenvalue weighted by Crippen LogP contribution is 2.14. The number of hydrogen-bond donors (Lipinski definition) is 2. The van der Waals surface area contributed by atoms with E-state index in [9.17, 15) is 4.79 Å². The highest BCUT2D eigenvalue weighted by molar-refractivity contribution is 5.93. The minimum atomic E-state index is -0.0386.